The third kappa shape index (κ3) is 4.67. The predicted molar refractivity (Wildman–Crippen MR) is 120 cm³/mol. The van der Waals surface area contributed by atoms with Crippen molar-refractivity contribution in [2.45, 2.75) is 14.7 Å². The first kappa shape index (κ1) is 20.0. The molecule has 0 aliphatic heterocycles. The first-order valence-corrected chi connectivity index (χ1v) is 11.6. The Morgan fingerprint density at radius 2 is 1.66 bits per heavy atom. The van der Waals surface area contributed by atoms with Crippen LogP contribution in [0.25, 0.3) is 10.8 Å². The number of nitrogens with zero attached hydrogens (tertiary/aromatic N) is 1. The van der Waals surface area contributed by atoms with Crippen LogP contribution < -0.4 is 4.72 Å². The van der Waals surface area contributed by atoms with Gasteiger partial charge in [0.2, 0.25) is 0 Å². The molecule has 3 aromatic carbocycles. The Morgan fingerprint density at radius 3 is 2.38 bits per heavy atom. The summed E-state index contributed by atoms with van der Waals surface area (Å²) in [5, 5.41) is 3.00. The first-order valence-electron chi connectivity index (χ1n) is 8.51. The second-order valence-corrected chi connectivity index (χ2v) is 9.77. The normalized spacial score (nSPS) is 11.5. The molecule has 0 spiro atoms. The summed E-state index contributed by atoms with van der Waals surface area (Å²) < 4.78 is 27.5. The minimum atomic E-state index is -3.78. The van der Waals surface area contributed by atoms with Crippen LogP contribution in [0.5, 0.6) is 0 Å². The lowest BCUT2D eigenvalue weighted by atomic mass is 10.1. The van der Waals surface area contributed by atoms with Crippen LogP contribution in [0.1, 0.15) is 0 Å². The van der Waals surface area contributed by atoms with Crippen LogP contribution in [0.4, 0.5) is 5.69 Å². The zero-order valence-electron chi connectivity index (χ0n) is 14.8. The number of sulfonamides is 1. The number of aromatic nitrogens is 1. The number of fused-ring (bicyclic) bond motifs is 1. The summed E-state index contributed by atoms with van der Waals surface area (Å²) in [4.78, 5) is 5.70. The Labute approximate surface area is 182 Å². The maximum absolute atomic E-state index is 12.5. The van der Waals surface area contributed by atoms with Gasteiger partial charge in [-0.3, -0.25) is 4.72 Å². The van der Waals surface area contributed by atoms with E-state index in [0.717, 1.165) is 15.2 Å². The van der Waals surface area contributed by atoms with Gasteiger partial charge >= 0.3 is 0 Å². The van der Waals surface area contributed by atoms with E-state index in [1.165, 1.54) is 35.5 Å². The maximum Gasteiger partial charge on any atom is 0.263 e. The van der Waals surface area contributed by atoms with Gasteiger partial charge in [0.05, 0.1) is 10.7 Å². The van der Waals surface area contributed by atoms with Crippen molar-refractivity contribution in [3.63, 3.8) is 0 Å². The monoisotopic (exact) mass is 460 g/mol. The summed E-state index contributed by atoms with van der Waals surface area (Å²) in [6.45, 7) is 0. The Hall–Kier alpha value is -2.25. The van der Waals surface area contributed by atoms with Crippen LogP contribution in [0.3, 0.4) is 0 Å². The number of nitrogens with one attached hydrogen (secondary N) is 1. The van der Waals surface area contributed by atoms with E-state index in [1.54, 1.807) is 18.2 Å². The van der Waals surface area contributed by atoms with Gasteiger partial charge in [0.1, 0.15) is 10.0 Å². The Balaban J connectivity index is 1.55. The van der Waals surface area contributed by atoms with Crippen molar-refractivity contribution >= 4 is 61.4 Å². The van der Waals surface area contributed by atoms with Gasteiger partial charge in [-0.15, -0.1) is 0 Å². The molecule has 4 nitrogen and oxygen atoms in total. The van der Waals surface area contributed by atoms with Gasteiger partial charge < -0.3 is 0 Å². The maximum atomic E-state index is 12.5. The van der Waals surface area contributed by atoms with Gasteiger partial charge in [-0.05, 0) is 53.2 Å². The molecule has 0 saturated carbocycles. The molecule has 4 aromatic rings. The highest BCUT2D eigenvalue weighted by atomic mass is 35.5. The zero-order chi connectivity index (χ0) is 20.4. The van der Waals surface area contributed by atoms with Crippen molar-refractivity contribution in [1.82, 2.24) is 4.98 Å². The summed E-state index contributed by atoms with van der Waals surface area (Å²) in [6, 6.07) is 22.2. The molecule has 1 aromatic heterocycles. The predicted octanol–water partition coefficient (Wildman–Crippen LogP) is 6.49. The van der Waals surface area contributed by atoms with Crippen molar-refractivity contribution in [3.8, 4) is 0 Å². The van der Waals surface area contributed by atoms with Crippen molar-refractivity contribution in [3.05, 3.63) is 89.2 Å². The topological polar surface area (TPSA) is 59.1 Å². The lowest BCUT2D eigenvalue weighted by molar-refractivity contribution is 0.601. The first-order chi connectivity index (χ1) is 13.9. The van der Waals surface area contributed by atoms with E-state index in [0.29, 0.717) is 10.7 Å². The minimum Gasteiger partial charge on any atom is -0.280 e. The van der Waals surface area contributed by atoms with Crippen LogP contribution in [-0.4, -0.2) is 13.4 Å². The largest absolute Gasteiger partial charge is 0.280 e. The van der Waals surface area contributed by atoms with Crippen LogP contribution in [0, 0.1) is 0 Å². The standard InChI is InChI=1S/C21H14Cl2N2O2S2/c22-19-12-16(25-29(26,27)18-8-10-21(23)24-13-18)6-9-20(19)28-17-7-5-14-3-1-2-4-15(14)11-17/h1-13,25H. The van der Waals surface area contributed by atoms with Crippen molar-refractivity contribution in [1.29, 1.82) is 0 Å². The van der Waals surface area contributed by atoms with Gasteiger partial charge in [-0.25, -0.2) is 13.4 Å². The van der Waals surface area contributed by atoms with Crippen LogP contribution in [0.15, 0.2) is 93.7 Å². The second kappa shape index (κ2) is 8.24. The van der Waals surface area contributed by atoms with Gasteiger partial charge in [-0.1, -0.05) is 65.3 Å². The fraction of sp³-hybridized carbons (Fsp3) is 0. The molecule has 0 bridgehead atoms. The fourth-order valence-corrected chi connectivity index (χ4v) is 5.01. The third-order valence-electron chi connectivity index (χ3n) is 4.14. The second-order valence-electron chi connectivity index (χ2n) is 6.18. The molecule has 0 amide bonds. The highest BCUT2D eigenvalue weighted by Gasteiger charge is 2.15. The highest BCUT2D eigenvalue weighted by molar-refractivity contribution is 7.99. The van der Waals surface area contributed by atoms with Crippen molar-refractivity contribution in [2.24, 2.45) is 0 Å². The third-order valence-corrected chi connectivity index (χ3v) is 7.22. The molecule has 29 heavy (non-hydrogen) atoms. The molecule has 4 rings (SSSR count). The average molecular weight is 461 g/mol. The molecule has 8 heteroatoms. The van der Waals surface area contributed by atoms with Crippen molar-refractivity contribution in [2.75, 3.05) is 4.72 Å². The summed E-state index contributed by atoms with van der Waals surface area (Å²) in [5.41, 5.74) is 0.368. The van der Waals surface area contributed by atoms with E-state index in [-0.39, 0.29) is 10.0 Å². The zero-order valence-corrected chi connectivity index (χ0v) is 18.0. The molecule has 0 fully saturated rings. The summed E-state index contributed by atoms with van der Waals surface area (Å²) in [5.74, 6) is 0. The number of rotatable bonds is 5. The molecule has 1 N–H and O–H groups in total. The van der Waals surface area contributed by atoms with Gasteiger partial charge in [0.25, 0.3) is 10.0 Å². The molecule has 0 radical (unpaired) electrons. The Morgan fingerprint density at radius 1 is 0.862 bits per heavy atom. The molecule has 1 heterocycles. The summed E-state index contributed by atoms with van der Waals surface area (Å²) >= 11 is 13.6. The number of anilines is 1. The average Bonchev–Trinajstić information content (AvgIpc) is 2.70. The van der Waals surface area contributed by atoms with Gasteiger partial charge in [-0.2, -0.15) is 0 Å². The van der Waals surface area contributed by atoms with Crippen molar-refractivity contribution < 1.29 is 8.42 Å². The molecule has 146 valence electrons. The quantitative estimate of drug-likeness (QED) is 0.345. The number of hydrogen-bond acceptors (Lipinski definition) is 4. The Bertz CT molecular complexity index is 1290. The van der Waals surface area contributed by atoms with Crippen LogP contribution in [0.2, 0.25) is 10.2 Å². The minimum absolute atomic E-state index is 0.0210. The van der Waals surface area contributed by atoms with E-state index in [1.807, 2.05) is 18.2 Å². The molecular weight excluding hydrogens is 447 g/mol. The number of halogens is 2. The molecule has 0 aliphatic rings. The SMILES string of the molecule is O=S(=O)(Nc1ccc(Sc2ccc3ccccc3c2)c(Cl)c1)c1ccc(Cl)nc1. The number of pyridine rings is 1. The molecule has 0 atom stereocenters. The highest BCUT2D eigenvalue weighted by Crippen LogP contribution is 2.36. The lowest BCUT2D eigenvalue weighted by Crippen LogP contribution is -2.13. The molecular formula is C21H14Cl2N2O2S2. The molecule has 0 unspecified atom stereocenters. The van der Waals surface area contributed by atoms with E-state index in [9.17, 15) is 8.42 Å². The van der Waals surface area contributed by atoms with Gasteiger partial charge in [0.15, 0.2) is 0 Å². The van der Waals surface area contributed by atoms with E-state index < -0.39 is 10.0 Å². The van der Waals surface area contributed by atoms with E-state index >= 15 is 0 Å². The Kier molecular flexibility index (Phi) is 5.69. The van der Waals surface area contributed by atoms with Crippen LogP contribution in [-0.2, 0) is 10.0 Å². The number of benzene rings is 3. The molecule has 0 saturated heterocycles. The summed E-state index contributed by atoms with van der Waals surface area (Å²) in [6.07, 6.45) is 1.20. The fourth-order valence-electron chi connectivity index (χ4n) is 2.74. The summed E-state index contributed by atoms with van der Waals surface area (Å²) in [7, 11) is -3.78. The number of hydrogen-bond donors (Lipinski definition) is 1. The van der Waals surface area contributed by atoms with E-state index in [4.69, 9.17) is 23.2 Å². The molecule has 0 aliphatic carbocycles. The smallest absolute Gasteiger partial charge is 0.263 e. The lowest BCUT2D eigenvalue weighted by Gasteiger charge is -2.10. The van der Waals surface area contributed by atoms with Gasteiger partial charge in [0, 0.05) is 16.0 Å². The van der Waals surface area contributed by atoms with E-state index in [2.05, 4.69) is 34.0 Å². The van der Waals surface area contributed by atoms with Crippen LogP contribution >= 0.6 is 35.0 Å².